The molecule has 1 aliphatic heterocycles. The zero-order chi connectivity index (χ0) is 12.7. The highest BCUT2D eigenvalue weighted by Crippen LogP contribution is 2.06. The van der Waals surface area contributed by atoms with Crippen LogP contribution < -0.4 is 5.32 Å². The molecule has 1 aliphatic rings. The van der Waals surface area contributed by atoms with Crippen molar-refractivity contribution >= 4 is 0 Å². The molecular weight excluding hydrogens is 210 g/mol. The highest BCUT2D eigenvalue weighted by molar-refractivity contribution is 4.71. The first-order valence-electron chi connectivity index (χ1n) is 7.27. The van der Waals surface area contributed by atoms with E-state index in [9.17, 15) is 0 Å². The average Bonchev–Trinajstić information content (AvgIpc) is 2.35. The summed E-state index contributed by atoms with van der Waals surface area (Å²) in [5, 5.41) is 3.64. The van der Waals surface area contributed by atoms with Gasteiger partial charge in [-0.1, -0.05) is 20.3 Å². The van der Waals surface area contributed by atoms with Crippen LogP contribution in [-0.2, 0) is 0 Å². The van der Waals surface area contributed by atoms with Crippen molar-refractivity contribution in [2.45, 2.75) is 39.7 Å². The first-order valence-corrected chi connectivity index (χ1v) is 7.27. The Kier molecular flexibility index (Phi) is 7.09. The zero-order valence-corrected chi connectivity index (χ0v) is 12.2. The summed E-state index contributed by atoms with van der Waals surface area (Å²) in [5.41, 5.74) is 0. The Balaban J connectivity index is 2.00. The minimum atomic E-state index is 0.660. The van der Waals surface area contributed by atoms with E-state index in [1.165, 1.54) is 45.6 Å². The number of nitrogens with zero attached hydrogens (tertiary/aromatic N) is 2. The molecule has 0 saturated carbocycles. The summed E-state index contributed by atoms with van der Waals surface area (Å²) in [6.45, 7) is 14.3. The van der Waals surface area contributed by atoms with E-state index in [4.69, 9.17) is 0 Å². The molecule has 102 valence electrons. The molecule has 0 radical (unpaired) electrons. The van der Waals surface area contributed by atoms with Crippen LogP contribution in [0.3, 0.4) is 0 Å². The lowest BCUT2D eigenvalue weighted by atomic mass is 10.0. The minimum absolute atomic E-state index is 0.660. The zero-order valence-electron chi connectivity index (χ0n) is 12.2. The molecule has 0 aliphatic carbocycles. The summed E-state index contributed by atoms with van der Waals surface area (Å²) in [7, 11) is 2.21. The Morgan fingerprint density at radius 1 is 1.12 bits per heavy atom. The molecule has 0 bridgehead atoms. The van der Waals surface area contributed by atoms with Gasteiger partial charge in [0.05, 0.1) is 0 Å². The maximum atomic E-state index is 3.64. The molecule has 0 aromatic carbocycles. The lowest BCUT2D eigenvalue weighted by Gasteiger charge is -2.32. The molecular formula is C14H31N3. The summed E-state index contributed by atoms with van der Waals surface area (Å²) >= 11 is 0. The van der Waals surface area contributed by atoms with Gasteiger partial charge < -0.3 is 15.1 Å². The van der Waals surface area contributed by atoms with E-state index in [-0.39, 0.29) is 0 Å². The van der Waals surface area contributed by atoms with Gasteiger partial charge in [-0.3, -0.25) is 0 Å². The molecule has 0 amide bonds. The smallest absolute Gasteiger partial charge is 0.0110 e. The van der Waals surface area contributed by atoms with Crippen molar-refractivity contribution in [3.05, 3.63) is 0 Å². The summed E-state index contributed by atoms with van der Waals surface area (Å²) in [4.78, 5) is 5.01. The third kappa shape index (κ3) is 5.84. The van der Waals surface area contributed by atoms with Crippen LogP contribution in [0.2, 0.25) is 0 Å². The third-order valence-corrected chi connectivity index (χ3v) is 4.21. The monoisotopic (exact) mass is 241 g/mol. The lowest BCUT2D eigenvalue weighted by molar-refractivity contribution is 0.152. The van der Waals surface area contributed by atoms with E-state index in [2.05, 4.69) is 42.9 Å². The van der Waals surface area contributed by atoms with Crippen LogP contribution in [-0.4, -0.2) is 62.2 Å². The van der Waals surface area contributed by atoms with E-state index in [0.717, 1.165) is 12.5 Å². The Labute approximate surface area is 108 Å². The maximum absolute atomic E-state index is 3.64. The molecule has 3 heteroatoms. The van der Waals surface area contributed by atoms with Crippen LogP contribution >= 0.6 is 0 Å². The van der Waals surface area contributed by atoms with Gasteiger partial charge in [0.1, 0.15) is 0 Å². The van der Waals surface area contributed by atoms with E-state index in [1.807, 2.05) is 0 Å². The molecule has 1 heterocycles. The van der Waals surface area contributed by atoms with E-state index >= 15 is 0 Å². The Hall–Kier alpha value is -0.120. The summed E-state index contributed by atoms with van der Waals surface area (Å²) in [5.74, 6) is 0.790. The Morgan fingerprint density at radius 2 is 1.76 bits per heavy atom. The minimum Gasteiger partial charge on any atom is -0.314 e. The van der Waals surface area contributed by atoms with E-state index in [1.54, 1.807) is 0 Å². The predicted octanol–water partition coefficient (Wildman–Crippen LogP) is 1.65. The lowest BCUT2D eigenvalue weighted by Crippen LogP contribution is -2.45. The number of nitrogens with one attached hydrogen (secondary N) is 1. The van der Waals surface area contributed by atoms with Crippen LogP contribution in [0.25, 0.3) is 0 Å². The van der Waals surface area contributed by atoms with Gasteiger partial charge in [0, 0.05) is 32.2 Å². The molecule has 1 fully saturated rings. The third-order valence-electron chi connectivity index (χ3n) is 4.21. The second kappa shape index (κ2) is 8.06. The van der Waals surface area contributed by atoms with E-state index in [0.29, 0.717) is 6.04 Å². The first-order chi connectivity index (χ1) is 8.13. The summed E-state index contributed by atoms with van der Waals surface area (Å²) in [6.07, 6.45) is 2.55. The first kappa shape index (κ1) is 14.9. The molecule has 0 aromatic rings. The highest BCUT2D eigenvalue weighted by Gasteiger charge is 2.13. The number of hydrogen-bond acceptors (Lipinski definition) is 3. The molecule has 1 N–H and O–H groups in total. The van der Waals surface area contributed by atoms with Crippen LogP contribution in [0.4, 0.5) is 0 Å². The predicted molar refractivity (Wildman–Crippen MR) is 75.5 cm³/mol. The molecule has 0 spiro atoms. The highest BCUT2D eigenvalue weighted by atomic mass is 15.2. The van der Waals surface area contributed by atoms with Crippen LogP contribution in [0, 0.1) is 5.92 Å². The molecule has 1 saturated heterocycles. The van der Waals surface area contributed by atoms with Gasteiger partial charge in [-0.2, -0.15) is 0 Å². The van der Waals surface area contributed by atoms with Crippen LogP contribution in [0.5, 0.6) is 0 Å². The van der Waals surface area contributed by atoms with Crippen molar-refractivity contribution in [3.63, 3.8) is 0 Å². The molecule has 2 unspecified atom stereocenters. The normalized spacial score (nSPS) is 22.6. The van der Waals surface area contributed by atoms with E-state index < -0.39 is 0 Å². The summed E-state index contributed by atoms with van der Waals surface area (Å²) < 4.78 is 0. The van der Waals surface area contributed by atoms with Crippen molar-refractivity contribution in [1.29, 1.82) is 0 Å². The topological polar surface area (TPSA) is 18.5 Å². The second-order valence-corrected chi connectivity index (χ2v) is 5.63. The molecule has 2 atom stereocenters. The van der Waals surface area contributed by atoms with Crippen molar-refractivity contribution in [2.75, 3.05) is 46.3 Å². The summed E-state index contributed by atoms with van der Waals surface area (Å²) in [6, 6.07) is 0.660. The Bertz CT molecular complexity index is 188. The fourth-order valence-corrected chi connectivity index (χ4v) is 2.26. The largest absolute Gasteiger partial charge is 0.314 e. The van der Waals surface area contributed by atoms with Crippen molar-refractivity contribution in [3.8, 4) is 0 Å². The van der Waals surface area contributed by atoms with Crippen molar-refractivity contribution in [2.24, 2.45) is 5.92 Å². The molecule has 0 aromatic heterocycles. The van der Waals surface area contributed by atoms with Gasteiger partial charge in [0.2, 0.25) is 0 Å². The number of likely N-dealkylation sites (N-methyl/N-ethyl adjacent to an activating group) is 1. The quantitative estimate of drug-likeness (QED) is 0.684. The standard InChI is InChI=1S/C14H31N3/c1-5-13(2)14(3)15-7-6-8-17-11-9-16(4)10-12-17/h13-15H,5-12H2,1-4H3. The molecule has 1 rings (SSSR count). The van der Waals surface area contributed by atoms with Gasteiger partial charge >= 0.3 is 0 Å². The molecule has 17 heavy (non-hydrogen) atoms. The van der Waals surface area contributed by atoms with Gasteiger partial charge in [-0.25, -0.2) is 0 Å². The van der Waals surface area contributed by atoms with Crippen LogP contribution in [0.1, 0.15) is 33.6 Å². The number of hydrogen-bond donors (Lipinski definition) is 1. The SMILES string of the molecule is CCC(C)C(C)NCCCN1CCN(C)CC1. The fourth-order valence-electron chi connectivity index (χ4n) is 2.26. The number of piperazine rings is 1. The molecule has 3 nitrogen and oxygen atoms in total. The van der Waals surface area contributed by atoms with Crippen LogP contribution in [0.15, 0.2) is 0 Å². The van der Waals surface area contributed by atoms with Gasteiger partial charge in [-0.15, -0.1) is 0 Å². The van der Waals surface area contributed by atoms with Crippen molar-refractivity contribution in [1.82, 2.24) is 15.1 Å². The van der Waals surface area contributed by atoms with Gasteiger partial charge in [0.15, 0.2) is 0 Å². The Morgan fingerprint density at radius 3 is 2.35 bits per heavy atom. The van der Waals surface area contributed by atoms with Gasteiger partial charge in [0.25, 0.3) is 0 Å². The number of rotatable bonds is 7. The van der Waals surface area contributed by atoms with Gasteiger partial charge in [-0.05, 0) is 39.4 Å². The average molecular weight is 241 g/mol. The second-order valence-electron chi connectivity index (χ2n) is 5.63. The maximum Gasteiger partial charge on any atom is 0.0110 e. The van der Waals surface area contributed by atoms with Crippen molar-refractivity contribution < 1.29 is 0 Å². The fraction of sp³-hybridized carbons (Fsp3) is 1.00.